The smallest absolute Gasteiger partial charge is 0.0449 e. The van der Waals surface area contributed by atoms with Gasteiger partial charge in [0.05, 0.1) is 0 Å². The molecule has 0 aromatic heterocycles. The molecule has 2 rings (SSSR count). The Morgan fingerprint density at radius 1 is 1.28 bits per heavy atom. The first-order chi connectivity index (χ1) is 8.85. The van der Waals surface area contributed by atoms with E-state index in [1.54, 1.807) is 0 Å². The van der Waals surface area contributed by atoms with Gasteiger partial charge in [0.1, 0.15) is 0 Å². The fourth-order valence-electron chi connectivity index (χ4n) is 2.78. The monoisotopic (exact) mass is 246 g/mol. The van der Waals surface area contributed by atoms with Gasteiger partial charge in [-0.2, -0.15) is 0 Å². The van der Waals surface area contributed by atoms with Gasteiger partial charge in [0.25, 0.3) is 0 Å². The summed E-state index contributed by atoms with van der Waals surface area (Å²) >= 11 is 0. The molecule has 0 bridgehead atoms. The minimum Gasteiger partial charge on any atom is -0.315 e. The third-order valence-electron chi connectivity index (χ3n) is 4.15. The van der Waals surface area contributed by atoms with Gasteiger partial charge in [-0.15, -0.1) is 0 Å². The van der Waals surface area contributed by atoms with Crippen LogP contribution in [0.4, 0.5) is 0 Å². The van der Waals surface area contributed by atoms with E-state index in [0.717, 1.165) is 25.6 Å². The summed E-state index contributed by atoms with van der Waals surface area (Å²) in [7, 11) is 0. The van der Waals surface area contributed by atoms with Crippen LogP contribution >= 0.6 is 0 Å². The second kappa shape index (κ2) is 6.91. The van der Waals surface area contributed by atoms with Crippen LogP contribution in [0, 0.1) is 5.92 Å². The first kappa shape index (κ1) is 13.6. The number of hydrogen-bond donors (Lipinski definition) is 2. The first-order valence-corrected chi connectivity index (χ1v) is 7.37. The molecule has 100 valence electrons. The third-order valence-corrected chi connectivity index (χ3v) is 4.15. The van der Waals surface area contributed by atoms with Crippen LogP contribution in [0.25, 0.3) is 0 Å². The molecule has 1 unspecified atom stereocenters. The van der Waals surface area contributed by atoms with Crippen molar-refractivity contribution in [2.75, 3.05) is 19.6 Å². The van der Waals surface area contributed by atoms with Crippen molar-refractivity contribution in [3.63, 3.8) is 0 Å². The zero-order chi connectivity index (χ0) is 12.8. The van der Waals surface area contributed by atoms with Crippen LogP contribution in [0.1, 0.15) is 43.9 Å². The van der Waals surface area contributed by atoms with Crippen molar-refractivity contribution < 1.29 is 0 Å². The average molecular weight is 246 g/mol. The van der Waals surface area contributed by atoms with Crippen molar-refractivity contribution in [2.24, 2.45) is 5.92 Å². The summed E-state index contributed by atoms with van der Waals surface area (Å²) in [4.78, 5) is 0. The van der Waals surface area contributed by atoms with Crippen LogP contribution in [0.2, 0.25) is 0 Å². The van der Waals surface area contributed by atoms with Gasteiger partial charge in [-0.25, -0.2) is 0 Å². The Labute approximate surface area is 111 Å². The lowest BCUT2D eigenvalue weighted by Crippen LogP contribution is -2.38. The lowest BCUT2D eigenvalue weighted by atomic mass is 9.94. The van der Waals surface area contributed by atoms with Crippen LogP contribution in [0.5, 0.6) is 0 Å². The molecule has 0 spiro atoms. The largest absolute Gasteiger partial charge is 0.315 e. The van der Waals surface area contributed by atoms with Gasteiger partial charge >= 0.3 is 0 Å². The molecule has 18 heavy (non-hydrogen) atoms. The highest BCUT2D eigenvalue weighted by atomic mass is 15.0. The molecule has 0 aliphatic carbocycles. The topological polar surface area (TPSA) is 24.1 Å². The summed E-state index contributed by atoms with van der Waals surface area (Å²) in [6, 6.07) is 9.33. The average Bonchev–Trinajstić information content (AvgIpc) is 2.44. The van der Waals surface area contributed by atoms with E-state index in [1.807, 2.05) is 0 Å². The molecule has 2 nitrogen and oxygen atoms in total. The van der Waals surface area contributed by atoms with Gasteiger partial charge in [-0.05, 0) is 36.6 Å². The molecule has 0 amide bonds. The van der Waals surface area contributed by atoms with Crippen molar-refractivity contribution in [3.05, 3.63) is 35.4 Å². The highest BCUT2D eigenvalue weighted by Crippen LogP contribution is 2.21. The molecular weight excluding hydrogens is 220 g/mol. The van der Waals surface area contributed by atoms with E-state index in [-0.39, 0.29) is 0 Å². The molecule has 0 saturated heterocycles. The van der Waals surface area contributed by atoms with Gasteiger partial charge < -0.3 is 10.6 Å². The van der Waals surface area contributed by atoms with Crippen LogP contribution in [-0.4, -0.2) is 19.6 Å². The number of nitrogens with one attached hydrogen (secondary N) is 2. The lowest BCUT2D eigenvalue weighted by molar-refractivity contribution is 0.411. The molecule has 0 fully saturated rings. The SMILES string of the molecule is CCC(CC)CNCC1NCCc2ccccc21. The van der Waals surface area contributed by atoms with Gasteiger partial charge in [-0.1, -0.05) is 51.0 Å². The maximum Gasteiger partial charge on any atom is 0.0449 e. The summed E-state index contributed by atoms with van der Waals surface area (Å²) < 4.78 is 0. The van der Waals surface area contributed by atoms with E-state index in [1.165, 1.54) is 30.4 Å². The van der Waals surface area contributed by atoms with Crippen molar-refractivity contribution in [3.8, 4) is 0 Å². The van der Waals surface area contributed by atoms with E-state index in [9.17, 15) is 0 Å². The molecule has 1 aromatic rings. The summed E-state index contributed by atoms with van der Waals surface area (Å²) in [5.74, 6) is 0.823. The highest BCUT2D eigenvalue weighted by molar-refractivity contribution is 5.32. The molecule has 1 aliphatic rings. The zero-order valence-corrected chi connectivity index (χ0v) is 11.7. The Kier molecular flexibility index (Phi) is 5.21. The Hall–Kier alpha value is -0.860. The van der Waals surface area contributed by atoms with Crippen LogP contribution in [0.15, 0.2) is 24.3 Å². The van der Waals surface area contributed by atoms with Crippen molar-refractivity contribution in [1.29, 1.82) is 0 Å². The van der Waals surface area contributed by atoms with Crippen molar-refractivity contribution in [1.82, 2.24) is 10.6 Å². The predicted molar refractivity (Wildman–Crippen MR) is 77.8 cm³/mol. The Balaban J connectivity index is 1.87. The number of benzene rings is 1. The second-order valence-electron chi connectivity index (χ2n) is 5.30. The summed E-state index contributed by atoms with van der Waals surface area (Å²) in [6.45, 7) is 7.86. The first-order valence-electron chi connectivity index (χ1n) is 7.37. The quantitative estimate of drug-likeness (QED) is 0.806. The van der Waals surface area contributed by atoms with E-state index in [2.05, 4.69) is 48.7 Å². The van der Waals surface area contributed by atoms with Gasteiger partial charge in [0.15, 0.2) is 0 Å². The summed E-state index contributed by atoms with van der Waals surface area (Å²) in [5, 5.41) is 7.26. The highest BCUT2D eigenvalue weighted by Gasteiger charge is 2.18. The van der Waals surface area contributed by atoms with Gasteiger partial charge in [0, 0.05) is 12.6 Å². The Morgan fingerprint density at radius 2 is 2.06 bits per heavy atom. The maximum absolute atomic E-state index is 3.64. The maximum atomic E-state index is 3.64. The number of rotatable bonds is 6. The molecule has 1 aliphatic heterocycles. The molecular formula is C16H26N2. The normalized spacial score (nSPS) is 18.9. The van der Waals surface area contributed by atoms with E-state index >= 15 is 0 Å². The Bertz CT molecular complexity index is 358. The van der Waals surface area contributed by atoms with E-state index in [4.69, 9.17) is 0 Å². The summed E-state index contributed by atoms with van der Waals surface area (Å²) in [5.41, 5.74) is 3.01. The van der Waals surface area contributed by atoms with Crippen LogP contribution < -0.4 is 10.6 Å². The fraction of sp³-hybridized carbons (Fsp3) is 0.625. The minimum absolute atomic E-state index is 0.490. The van der Waals surface area contributed by atoms with E-state index < -0.39 is 0 Å². The molecule has 1 atom stereocenters. The molecule has 0 saturated carbocycles. The van der Waals surface area contributed by atoms with Crippen molar-refractivity contribution in [2.45, 2.75) is 39.2 Å². The third kappa shape index (κ3) is 3.33. The predicted octanol–water partition coefficient (Wildman–Crippen LogP) is 2.90. The molecule has 2 N–H and O–H groups in total. The number of hydrogen-bond acceptors (Lipinski definition) is 2. The standard InChI is InChI=1S/C16H26N2/c1-3-13(4-2)11-17-12-16-15-8-6-5-7-14(15)9-10-18-16/h5-8,13,16-18H,3-4,9-12H2,1-2H3. The fourth-order valence-corrected chi connectivity index (χ4v) is 2.78. The van der Waals surface area contributed by atoms with Gasteiger partial charge in [-0.3, -0.25) is 0 Å². The molecule has 1 aromatic carbocycles. The minimum atomic E-state index is 0.490. The number of fused-ring (bicyclic) bond motifs is 1. The van der Waals surface area contributed by atoms with Gasteiger partial charge in [0.2, 0.25) is 0 Å². The van der Waals surface area contributed by atoms with Crippen LogP contribution in [0.3, 0.4) is 0 Å². The van der Waals surface area contributed by atoms with Crippen molar-refractivity contribution >= 4 is 0 Å². The summed E-state index contributed by atoms with van der Waals surface area (Å²) in [6.07, 6.45) is 3.72. The molecule has 2 heteroatoms. The molecule has 1 heterocycles. The molecule has 0 radical (unpaired) electrons. The lowest BCUT2D eigenvalue weighted by Gasteiger charge is -2.27. The Morgan fingerprint density at radius 3 is 2.83 bits per heavy atom. The second-order valence-corrected chi connectivity index (χ2v) is 5.30. The van der Waals surface area contributed by atoms with Crippen LogP contribution in [-0.2, 0) is 6.42 Å². The van der Waals surface area contributed by atoms with E-state index in [0.29, 0.717) is 6.04 Å². The zero-order valence-electron chi connectivity index (χ0n) is 11.7.